The molecule has 1 aromatic rings. The van der Waals surface area contributed by atoms with Crippen molar-refractivity contribution in [1.82, 2.24) is 9.97 Å². The molecular weight excluding hydrogens is 192 g/mol. The molecule has 1 N–H and O–H groups in total. The van der Waals surface area contributed by atoms with Crippen molar-refractivity contribution in [2.24, 2.45) is 0 Å². The Morgan fingerprint density at radius 1 is 1.53 bits per heavy atom. The van der Waals surface area contributed by atoms with Gasteiger partial charge in [-0.05, 0) is 13.8 Å². The second-order valence-corrected chi connectivity index (χ2v) is 3.72. The minimum absolute atomic E-state index is 0.273. The van der Waals surface area contributed by atoms with Gasteiger partial charge in [-0.2, -0.15) is 5.26 Å². The molecular formula is C10H14N4O. The van der Waals surface area contributed by atoms with Crippen molar-refractivity contribution in [3.8, 4) is 6.07 Å². The molecule has 0 amide bonds. The van der Waals surface area contributed by atoms with Crippen LogP contribution >= 0.6 is 0 Å². The molecule has 1 rings (SSSR count). The lowest BCUT2D eigenvalue weighted by Gasteiger charge is -2.23. The summed E-state index contributed by atoms with van der Waals surface area (Å²) in [7, 11) is 1.65. The van der Waals surface area contributed by atoms with E-state index in [9.17, 15) is 0 Å². The third-order valence-electron chi connectivity index (χ3n) is 2.00. The van der Waals surface area contributed by atoms with E-state index in [2.05, 4.69) is 15.3 Å². The average Bonchev–Trinajstić information content (AvgIpc) is 2.27. The molecule has 0 aliphatic rings. The molecule has 1 heterocycles. The molecule has 0 bridgehead atoms. The van der Waals surface area contributed by atoms with Gasteiger partial charge in [-0.25, -0.2) is 4.98 Å². The van der Waals surface area contributed by atoms with Gasteiger partial charge in [-0.3, -0.25) is 4.98 Å². The van der Waals surface area contributed by atoms with E-state index in [0.29, 0.717) is 18.1 Å². The van der Waals surface area contributed by atoms with Crippen LogP contribution in [0.1, 0.15) is 19.5 Å². The lowest BCUT2D eigenvalue weighted by atomic mass is 10.1. The van der Waals surface area contributed by atoms with Crippen LogP contribution < -0.4 is 5.32 Å². The third-order valence-corrected chi connectivity index (χ3v) is 2.00. The zero-order valence-electron chi connectivity index (χ0n) is 9.11. The van der Waals surface area contributed by atoms with Gasteiger partial charge in [0.25, 0.3) is 0 Å². The lowest BCUT2D eigenvalue weighted by molar-refractivity contribution is 0.0343. The van der Waals surface area contributed by atoms with Crippen LogP contribution in [-0.4, -0.2) is 29.2 Å². The number of nitrogens with zero attached hydrogens (tertiary/aromatic N) is 3. The van der Waals surface area contributed by atoms with Crippen molar-refractivity contribution >= 4 is 5.82 Å². The second kappa shape index (κ2) is 4.71. The fourth-order valence-corrected chi connectivity index (χ4v) is 0.881. The summed E-state index contributed by atoms with van der Waals surface area (Å²) in [6, 6.07) is 1.93. The summed E-state index contributed by atoms with van der Waals surface area (Å²) >= 11 is 0. The first-order valence-electron chi connectivity index (χ1n) is 4.58. The molecule has 15 heavy (non-hydrogen) atoms. The Morgan fingerprint density at radius 2 is 2.27 bits per heavy atom. The molecule has 5 heteroatoms. The highest BCUT2D eigenvalue weighted by Crippen LogP contribution is 2.09. The molecule has 0 spiro atoms. The molecule has 0 atom stereocenters. The third kappa shape index (κ3) is 3.52. The zero-order valence-corrected chi connectivity index (χ0v) is 9.11. The van der Waals surface area contributed by atoms with E-state index >= 15 is 0 Å². The molecule has 1 aromatic heterocycles. The Kier molecular flexibility index (Phi) is 3.58. The number of rotatable bonds is 4. The smallest absolute Gasteiger partial charge is 0.161 e. The molecule has 0 saturated heterocycles. The van der Waals surface area contributed by atoms with Gasteiger partial charge in [0.1, 0.15) is 11.9 Å². The number of methoxy groups -OCH3 is 1. The van der Waals surface area contributed by atoms with Crippen LogP contribution in [0.2, 0.25) is 0 Å². The van der Waals surface area contributed by atoms with E-state index in [4.69, 9.17) is 10.00 Å². The highest BCUT2D eigenvalue weighted by atomic mass is 16.5. The fourth-order valence-electron chi connectivity index (χ4n) is 0.881. The van der Waals surface area contributed by atoms with Gasteiger partial charge in [-0.1, -0.05) is 0 Å². The van der Waals surface area contributed by atoms with Gasteiger partial charge in [0.05, 0.1) is 18.0 Å². The largest absolute Gasteiger partial charge is 0.377 e. The van der Waals surface area contributed by atoms with Crippen LogP contribution in [0, 0.1) is 11.3 Å². The van der Waals surface area contributed by atoms with Gasteiger partial charge in [-0.15, -0.1) is 0 Å². The van der Waals surface area contributed by atoms with Crippen molar-refractivity contribution in [3.05, 3.63) is 18.1 Å². The number of anilines is 1. The first-order valence-corrected chi connectivity index (χ1v) is 4.58. The summed E-state index contributed by atoms with van der Waals surface area (Å²) in [4.78, 5) is 7.93. The normalized spacial score (nSPS) is 10.8. The molecule has 0 unspecified atom stereocenters. The molecule has 0 saturated carbocycles. The van der Waals surface area contributed by atoms with Crippen LogP contribution in [0.3, 0.4) is 0 Å². The van der Waals surface area contributed by atoms with E-state index in [1.54, 1.807) is 13.3 Å². The number of hydrogen-bond acceptors (Lipinski definition) is 5. The predicted octanol–water partition coefficient (Wildman–Crippen LogP) is 1.19. The minimum Gasteiger partial charge on any atom is -0.377 e. The van der Waals surface area contributed by atoms with Gasteiger partial charge < -0.3 is 10.1 Å². The Morgan fingerprint density at radius 3 is 2.87 bits per heavy atom. The van der Waals surface area contributed by atoms with E-state index in [1.165, 1.54) is 6.20 Å². The SMILES string of the molecule is COC(C)(C)CNc1cncc(C#N)n1. The summed E-state index contributed by atoms with van der Waals surface area (Å²) < 4.78 is 5.24. The van der Waals surface area contributed by atoms with Gasteiger partial charge in [0.15, 0.2) is 5.69 Å². The Labute approximate surface area is 89.1 Å². The summed E-state index contributed by atoms with van der Waals surface area (Å²) in [5.74, 6) is 0.583. The van der Waals surface area contributed by atoms with E-state index < -0.39 is 0 Å². The average molecular weight is 206 g/mol. The Hall–Kier alpha value is -1.67. The summed E-state index contributed by atoms with van der Waals surface area (Å²) in [6.07, 6.45) is 3.00. The number of ether oxygens (including phenoxy) is 1. The molecule has 0 fully saturated rings. The maximum atomic E-state index is 8.63. The van der Waals surface area contributed by atoms with Crippen molar-refractivity contribution < 1.29 is 4.74 Å². The predicted molar refractivity (Wildman–Crippen MR) is 56.3 cm³/mol. The van der Waals surface area contributed by atoms with Gasteiger partial charge in [0, 0.05) is 13.7 Å². The van der Waals surface area contributed by atoms with E-state index in [1.807, 2.05) is 19.9 Å². The quantitative estimate of drug-likeness (QED) is 0.801. The van der Waals surface area contributed by atoms with Crippen molar-refractivity contribution in [1.29, 1.82) is 5.26 Å². The van der Waals surface area contributed by atoms with Crippen LogP contribution in [0.4, 0.5) is 5.82 Å². The lowest BCUT2D eigenvalue weighted by Crippen LogP contribution is -2.32. The maximum absolute atomic E-state index is 8.63. The topological polar surface area (TPSA) is 70.8 Å². The van der Waals surface area contributed by atoms with Crippen molar-refractivity contribution in [2.45, 2.75) is 19.4 Å². The number of hydrogen-bond donors (Lipinski definition) is 1. The number of nitriles is 1. The standard InChI is InChI=1S/C10H14N4O/c1-10(2,15-3)7-13-9-6-12-5-8(4-11)14-9/h5-6H,7H2,1-3H3,(H,13,14). The molecule has 5 nitrogen and oxygen atoms in total. The Balaban J connectivity index is 2.62. The summed E-state index contributed by atoms with van der Waals surface area (Å²) in [5, 5.41) is 11.7. The summed E-state index contributed by atoms with van der Waals surface area (Å²) in [6.45, 7) is 4.52. The molecule has 0 aromatic carbocycles. The second-order valence-electron chi connectivity index (χ2n) is 3.72. The monoisotopic (exact) mass is 206 g/mol. The zero-order chi connectivity index (χ0) is 11.3. The fraction of sp³-hybridized carbons (Fsp3) is 0.500. The maximum Gasteiger partial charge on any atom is 0.161 e. The van der Waals surface area contributed by atoms with Crippen LogP contribution in [0.5, 0.6) is 0 Å². The molecule has 0 radical (unpaired) electrons. The first kappa shape index (κ1) is 11.4. The summed E-state index contributed by atoms with van der Waals surface area (Å²) in [5.41, 5.74) is 0.0276. The Bertz CT molecular complexity index is 370. The van der Waals surface area contributed by atoms with Gasteiger partial charge >= 0.3 is 0 Å². The first-order chi connectivity index (χ1) is 7.07. The highest BCUT2D eigenvalue weighted by molar-refractivity contribution is 5.34. The number of aromatic nitrogens is 2. The van der Waals surface area contributed by atoms with Crippen molar-refractivity contribution in [2.75, 3.05) is 19.0 Å². The van der Waals surface area contributed by atoms with E-state index in [0.717, 1.165) is 0 Å². The van der Waals surface area contributed by atoms with Crippen LogP contribution in [-0.2, 0) is 4.74 Å². The van der Waals surface area contributed by atoms with Crippen LogP contribution in [0.15, 0.2) is 12.4 Å². The van der Waals surface area contributed by atoms with Crippen molar-refractivity contribution in [3.63, 3.8) is 0 Å². The number of nitrogens with one attached hydrogen (secondary N) is 1. The van der Waals surface area contributed by atoms with E-state index in [-0.39, 0.29) is 5.60 Å². The minimum atomic E-state index is -0.273. The molecule has 0 aliphatic carbocycles. The molecule has 80 valence electrons. The van der Waals surface area contributed by atoms with Gasteiger partial charge in [0.2, 0.25) is 0 Å². The highest BCUT2D eigenvalue weighted by Gasteiger charge is 2.15. The van der Waals surface area contributed by atoms with Crippen LogP contribution in [0.25, 0.3) is 0 Å². The molecule has 0 aliphatic heterocycles.